The van der Waals surface area contributed by atoms with Crippen LogP contribution in [-0.2, 0) is 11.3 Å². The standard InChI is InChI=1S/C8H14BrN3O/c1-3-4-12-8(5-10-11-12)7(9)6-13-2/h5,7H,3-4,6H2,1-2H3. The molecule has 0 amide bonds. The fourth-order valence-electron chi connectivity index (χ4n) is 1.13. The van der Waals surface area contributed by atoms with Crippen molar-refractivity contribution in [2.75, 3.05) is 13.7 Å². The van der Waals surface area contributed by atoms with Crippen LogP contribution in [0.1, 0.15) is 23.9 Å². The summed E-state index contributed by atoms with van der Waals surface area (Å²) < 4.78 is 6.95. The van der Waals surface area contributed by atoms with Crippen molar-refractivity contribution in [2.45, 2.75) is 24.7 Å². The molecule has 0 aliphatic carbocycles. The molecule has 0 bridgehead atoms. The Bertz CT molecular complexity index is 251. The molecular weight excluding hydrogens is 234 g/mol. The number of aryl methyl sites for hydroxylation is 1. The highest BCUT2D eigenvalue weighted by atomic mass is 79.9. The van der Waals surface area contributed by atoms with Crippen molar-refractivity contribution >= 4 is 15.9 Å². The third-order valence-electron chi connectivity index (χ3n) is 1.72. The molecule has 0 radical (unpaired) electrons. The Balaban J connectivity index is 2.68. The Labute approximate surface area is 86.4 Å². The molecule has 0 aliphatic rings. The van der Waals surface area contributed by atoms with Crippen LogP contribution in [0.2, 0.25) is 0 Å². The van der Waals surface area contributed by atoms with E-state index >= 15 is 0 Å². The van der Waals surface area contributed by atoms with Crippen LogP contribution < -0.4 is 0 Å². The zero-order valence-electron chi connectivity index (χ0n) is 7.90. The molecule has 0 aromatic carbocycles. The van der Waals surface area contributed by atoms with E-state index in [9.17, 15) is 0 Å². The number of aromatic nitrogens is 3. The first-order valence-corrected chi connectivity index (χ1v) is 5.22. The van der Waals surface area contributed by atoms with Gasteiger partial charge in [0.2, 0.25) is 0 Å². The van der Waals surface area contributed by atoms with Crippen molar-refractivity contribution in [3.63, 3.8) is 0 Å². The summed E-state index contributed by atoms with van der Waals surface area (Å²) >= 11 is 3.52. The zero-order chi connectivity index (χ0) is 9.68. The minimum absolute atomic E-state index is 0.180. The lowest BCUT2D eigenvalue weighted by Gasteiger charge is -2.09. The molecule has 0 aliphatic heterocycles. The van der Waals surface area contributed by atoms with Crippen LogP contribution in [0.3, 0.4) is 0 Å². The monoisotopic (exact) mass is 247 g/mol. The first-order valence-electron chi connectivity index (χ1n) is 4.31. The first kappa shape index (κ1) is 10.7. The number of hydrogen-bond acceptors (Lipinski definition) is 3. The molecule has 0 saturated carbocycles. The van der Waals surface area contributed by atoms with E-state index < -0.39 is 0 Å². The molecule has 1 rings (SSSR count). The average Bonchev–Trinajstić information content (AvgIpc) is 2.54. The Morgan fingerprint density at radius 1 is 1.69 bits per heavy atom. The van der Waals surface area contributed by atoms with E-state index in [2.05, 4.69) is 33.2 Å². The predicted molar refractivity (Wildman–Crippen MR) is 53.9 cm³/mol. The van der Waals surface area contributed by atoms with Gasteiger partial charge in [0, 0.05) is 13.7 Å². The third kappa shape index (κ3) is 2.77. The van der Waals surface area contributed by atoms with Gasteiger partial charge in [-0.05, 0) is 6.42 Å². The molecule has 13 heavy (non-hydrogen) atoms. The zero-order valence-corrected chi connectivity index (χ0v) is 9.49. The van der Waals surface area contributed by atoms with Crippen LogP contribution in [0.15, 0.2) is 6.20 Å². The smallest absolute Gasteiger partial charge is 0.0814 e. The van der Waals surface area contributed by atoms with E-state index in [1.54, 1.807) is 13.3 Å². The highest BCUT2D eigenvalue weighted by Crippen LogP contribution is 2.21. The molecule has 4 nitrogen and oxygen atoms in total. The van der Waals surface area contributed by atoms with Gasteiger partial charge in [-0.1, -0.05) is 28.1 Å². The Morgan fingerprint density at radius 3 is 3.08 bits per heavy atom. The highest BCUT2D eigenvalue weighted by Gasteiger charge is 2.12. The number of alkyl halides is 1. The summed E-state index contributed by atoms with van der Waals surface area (Å²) in [6.45, 7) is 3.66. The fourth-order valence-corrected chi connectivity index (χ4v) is 1.74. The number of methoxy groups -OCH3 is 1. The van der Waals surface area contributed by atoms with E-state index in [1.807, 2.05) is 4.68 Å². The molecule has 1 heterocycles. The SMILES string of the molecule is CCCn1nncc1C(Br)COC. The lowest BCUT2D eigenvalue weighted by atomic mass is 10.3. The van der Waals surface area contributed by atoms with Crippen molar-refractivity contribution in [3.05, 3.63) is 11.9 Å². The lowest BCUT2D eigenvalue weighted by molar-refractivity contribution is 0.199. The number of rotatable bonds is 5. The van der Waals surface area contributed by atoms with Gasteiger partial charge in [0.1, 0.15) is 0 Å². The maximum atomic E-state index is 5.04. The average molecular weight is 248 g/mol. The molecule has 0 saturated heterocycles. The molecule has 0 N–H and O–H groups in total. The van der Waals surface area contributed by atoms with Gasteiger partial charge in [-0.15, -0.1) is 5.10 Å². The number of halogens is 1. The van der Waals surface area contributed by atoms with Gasteiger partial charge in [-0.3, -0.25) is 0 Å². The van der Waals surface area contributed by atoms with Crippen LogP contribution in [0.25, 0.3) is 0 Å². The molecule has 74 valence electrons. The summed E-state index contributed by atoms with van der Waals surface area (Å²) in [4.78, 5) is 0.180. The van der Waals surface area contributed by atoms with Crippen LogP contribution in [0, 0.1) is 0 Å². The fraction of sp³-hybridized carbons (Fsp3) is 0.750. The van der Waals surface area contributed by atoms with Crippen LogP contribution in [0.4, 0.5) is 0 Å². The van der Waals surface area contributed by atoms with Gasteiger partial charge in [-0.2, -0.15) is 0 Å². The molecule has 0 spiro atoms. The number of nitrogens with zero attached hydrogens (tertiary/aromatic N) is 3. The summed E-state index contributed by atoms with van der Waals surface area (Å²) in [5.74, 6) is 0. The minimum Gasteiger partial charge on any atom is -0.383 e. The van der Waals surface area contributed by atoms with E-state index in [-0.39, 0.29) is 4.83 Å². The van der Waals surface area contributed by atoms with Gasteiger partial charge in [0.05, 0.1) is 23.3 Å². The van der Waals surface area contributed by atoms with Gasteiger partial charge < -0.3 is 4.74 Å². The van der Waals surface area contributed by atoms with Crippen molar-refractivity contribution in [1.82, 2.24) is 15.0 Å². The second-order valence-electron chi connectivity index (χ2n) is 2.80. The minimum atomic E-state index is 0.180. The summed E-state index contributed by atoms with van der Waals surface area (Å²) in [7, 11) is 1.68. The highest BCUT2D eigenvalue weighted by molar-refractivity contribution is 9.09. The summed E-state index contributed by atoms with van der Waals surface area (Å²) in [6, 6.07) is 0. The van der Waals surface area contributed by atoms with E-state index in [4.69, 9.17) is 4.74 Å². The van der Waals surface area contributed by atoms with Crippen LogP contribution in [-0.4, -0.2) is 28.7 Å². The van der Waals surface area contributed by atoms with Gasteiger partial charge in [0.25, 0.3) is 0 Å². The molecule has 0 fully saturated rings. The lowest BCUT2D eigenvalue weighted by Crippen LogP contribution is -2.09. The maximum Gasteiger partial charge on any atom is 0.0814 e. The molecular formula is C8H14BrN3O. The second kappa shape index (κ2) is 5.34. The van der Waals surface area contributed by atoms with Crippen molar-refractivity contribution in [1.29, 1.82) is 0 Å². The summed E-state index contributed by atoms with van der Waals surface area (Å²) in [5, 5.41) is 7.86. The van der Waals surface area contributed by atoms with Gasteiger partial charge in [0.15, 0.2) is 0 Å². The van der Waals surface area contributed by atoms with Gasteiger partial charge >= 0.3 is 0 Å². The number of ether oxygens (including phenoxy) is 1. The normalized spacial score (nSPS) is 13.2. The summed E-state index contributed by atoms with van der Waals surface area (Å²) in [6.07, 6.45) is 2.83. The second-order valence-corrected chi connectivity index (χ2v) is 3.91. The topological polar surface area (TPSA) is 39.9 Å². The Kier molecular flexibility index (Phi) is 4.38. The van der Waals surface area contributed by atoms with Gasteiger partial charge in [-0.25, -0.2) is 4.68 Å². The molecule has 1 aromatic heterocycles. The molecule has 5 heteroatoms. The Hall–Kier alpha value is -0.420. The van der Waals surface area contributed by atoms with E-state index in [0.29, 0.717) is 6.61 Å². The first-order chi connectivity index (χ1) is 6.29. The van der Waals surface area contributed by atoms with Crippen LogP contribution >= 0.6 is 15.9 Å². The van der Waals surface area contributed by atoms with Crippen molar-refractivity contribution in [3.8, 4) is 0 Å². The molecule has 1 unspecified atom stereocenters. The van der Waals surface area contributed by atoms with E-state index in [0.717, 1.165) is 18.7 Å². The molecule has 1 atom stereocenters. The van der Waals surface area contributed by atoms with Crippen LogP contribution in [0.5, 0.6) is 0 Å². The van der Waals surface area contributed by atoms with Crippen molar-refractivity contribution in [2.24, 2.45) is 0 Å². The predicted octanol–water partition coefficient (Wildman–Crippen LogP) is 1.77. The maximum absolute atomic E-state index is 5.04. The third-order valence-corrected chi connectivity index (χ3v) is 2.45. The summed E-state index contributed by atoms with van der Waals surface area (Å²) in [5.41, 5.74) is 1.07. The Morgan fingerprint density at radius 2 is 2.46 bits per heavy atom. The quantitative estimate of drug-likeness (QED) is 0.745. The molecule has 1 aromatic rings. The van der Waals surface area contributed by atoms with E-state index in [1.165, 1.54) is 0 Å². The largest absolute Gasteiger partial charge is 0.383 e. The van der Waals surface area contributed by atoms with Crippen molar-refractivity contribution < 1.29 is 4.74 Å². The number of hydrogen-bond donors (Lipinski definition) is 0.